The van der Waals surface area contributed by atoms with Crippen molar-refractivity contribution in [2.45, 2.75) is 12.1 Å². The third-order valence-electron chi connectivity index (χ3n) is 4.14. The Kier molecular flexibility index (Phi) is 6.98. The molecule has 0 saturated heterocycles. The fourth-order valence-corrected chi connectivity index (χ4v) is 3.45. The molecule has 0 saturated carbocycles. The van der Waals surface area contributed by atoms with Gasteiger partial charge >= 0.3 is 0 Å². The fraction of sp³-hybridized carbons (Fsp3) is 0.200. The highest BCUT2D eigenvalue weighted by Gasteiger charge is 2.17. The number of benzene rings is 2. The summed E-state index contributed by atoms with van der Waals surface area (Å²) in [7, 11) is 3.05. The van der Waals surface area contributed by atoms with Gasteiger partial charge in [-0.05, 0) is 30.3 Å². The molecule has 10 nitrogen and oxygen atoms in total. The number of anilines is 2. The molecule has 0 aliphatic heterocycles. The largest absolute Gasteiger partial charge is 0.496 e. The molecule has 0 bridgehead atoms. The quantitative estimate of drug-likeness (QED) is 0.358. The normalized spacial score (nSPS) is 10.4. The maximum Gasteiger partial charge on any atom is 0.234 e. The van der Waals surface area contributed by atoms with Gasteiger partial charge < -0.3 is 25.9 Å². The number of hydrogen-bond donors (Lipinski definition) is 3. The van der Waals surface area contributed by atoms with E-state index >= 15 is 0 Å². The number of thioether (sulfide) groups is 1. The Morgan fingerprint density at radius 2 is 1.81 bits per heavy atom. The summed E-state index contributed by atoms with van der Waals surface area (Å²) in [5.41, 5.74) is 1.67. The number of para-hydroxylation sites is 1. The zero-order chi connectivity index (χ0) is 22.4. The highest BCUT2D eigenvalue weighted by atomic mass is 32.2. The topological polar surface area (TPSA) is 133 Å². The molecule has 3 rings (SSSR count). The van der Waals surface area contributed by atoms with Crippen molar-refractivity contribution in [3.05, 3.63) is 42.5 Å². The molecule has 162 valence electrons. The zero-order valence-corrected chi connectivity index (χ0v) is 18.0. The molecule has 0 unspecified atom stereocenters. The van der Waals surface area contributed by atoms with E-state index < -0.39 is 0 Å². The number of amides is 2. The first kappa shape index (κ1) is 22.0. The number of carbonyl (C=O) groups is 2. The second kappa shape index (κ2) is 9.85. The van der Waals surface area contributed by atoms with Crippen LogP contribution in [0.1, 0.15) is 6.92 Å². The van der Waals surface area contributed by atoms with Crippen LogP contribution in [-0.4, -0.2) is 46.7 Å². The van der Waals surface area contributed by atoms with Crippen LogP contribution in [0.2, 0.25) is 0 Å². The second-order valence-electron chi connectivity index (χ2n) is 6.31. The number of methoxy groups -OCH3 is 2. The van der Waals surface area contributed by atoms with Gasteiger partial charge in [-0.3, -0.25) is 9.59 Å². The van der Waals surface area contributed by atoms with Gasteiger partial charge in [0.2, 0.25) is 17.0 Å². The highest BCUT2D eigenvalue weighted by Crippen LogP contribution is 2.30. The Balaban J connectivity index is 1.69. The smallest absolute Gasteiger partial charge is 0.234 e. The first-order valence-corrected chi connectivity index (χ1v) is 10.1. The molecule has 0 radical (unpaired) electrons. The summed E-state index contributed by atoms with van der Waals surface area (Å²) in [6.07, 6.45) is 0. The van der Waals surface area contributed by atoms with Gasteiger partial charge in [-0.2, -0.15) is 0 Å². The van der Waals surface area contributed by atoms with Crippen LogP contribution in [-0.2, 0) is 9.59 Å². The van der Waals surface area contributed by atoms with Crippen molar-refractivity contribution < 1.29 is 19.1 Å². The van der Waals surface area contributed by atoms with Gasteiger partial charge in [-0.15, -0.1) is 10.2 Å². The summed E-state index contributed by atoms with van der Waals surface area (Å²) in [5.74, 6) is 7.15. The minimum absolute atomic E-state index is 0.0365. The predicted octanol–water partition coefficient (Wildman–Crippen LogP) is 2.37. The summed E-state index contributed by atoms with van der Waals surface area (Å²) in [4.78, 5) is 23.8. The van der Waals surface area contributed by atoms with Crippen molar-refractivity contribution in [3.8, 4) is 22.9 Å². The van der Waals surface area contributed by atoms with Crippen molar-refractivity contribution in [2.24, 2.45) is 0 Å². The lowest BCUT2D eigenvalue weighted by atomic mass is 10.2. The second-order valence-corrected chi connectivity index (χ2v) is 7.25. The third-order valence-corrected chi connectivity index (χ3v) is 5.08. The van der Waals surface area contributed by atoms with Crippen LogP contribution in [0.4, 0.5) is 11.4 Å². The van der Waals surface area contributed by atoms with E-state index in [1.807, 2.05) is 18.2 Å². The van der Waals surface area contributed by atoms with Gasteiger partial charge in [0.05, 0.1) is 31.2 Å². The van der Waals surface area contributed by atoms with Crippen LogP contribution in [0.3, 0.4) is 0 Å². The highest BCUT2D eigenvalue weighted by molar-refractivity contribution is 7.99. The lowest BCUT2D eigenvalue weighted by Crippen LogP contribution is -2.17. The Labute approximate surface area is 183 Å². The number of nitrogens with two attached hydrogens (primary N) is 1. The van der Waals surface area contributed by atoms with Crippen LogP contribution in [0.25, 0.3) is 11.4 Å². The van der Waals surface area contributed by atoms with E-state index in [0.29, 0.717) is 39.4 Å². The molecule has 2 aromatic carbocycles. The number of ether oxygens (including phenoxy) is 2. The van der Waals surface area contributed by atoms with Crippen molar-refractivity contribution >= 4 is 35.0 Å². The molecule has 1 aromatic heterocycles. The van der Waals surface area contributed by atoms with Crippen molar-refractivity contribution in [2.75, 3.05) is 36.4 Å². The molecular weight excluding hydrogens is 420 g/mol. The fourth-order valence-electron chi connectivity index (χ4n) is 2.79. The lowest BCUT2D eigenvalue weighted by Gasteiger charge is -2.12. The summed E-state index contributed by atoms with van der Waals surface area (Å²) in [6.45, 7) is 1.40. The van der Waals surface area contributed by atoms with Crippen LogP contribution in [0.15, 0.2) is 47.6 Å². The van der Waals surface area contributed by atoms with Gasteiger partial charge in [-0.1, -0.05) is 23.9 Å². The van der Waals surface area contributed by atoms with Crippen molar-refractivity contribution in [1.82, 2.24) is 14.9 Å². The van der Waals surface area contributed by atoms with Crippen LogP contribution in [0, 0.1) is 0 Å². The molecule has 11 heteroatoms. The number of aromatic nitrogens is 3. The van der Waals surface area contributed by atoms with Gasteiger partial charge in [0.15, 0.2) is 5.82 Å². The molecule has 0 spiro atoms. The Morgan fingerprint density at radius 3 is 2.52 bits per heavy atom. The minimum Gasteiger partial charge on any atom is -0.496 e. The van der Waals surface area contributed by atoms with Crippen LogP contribution in [0.5, 0.6) is 11.5 Å². The van der Waals surface area contributed by atoms with Crippen LogP contribution >= 0.6 is 11.8 Å². The molecule has 0 atom stereocenters. The van der Waals surface area contributed by atoms with Gasteiger partial charge in [0, 0.05) is 12.6 Å². The number of rotatable bonds is 8. The first-order valence-electron chi connectivity index (χ1n) is 9.15. The molecule has 3 aromatic rings. The van der Waals surface area contributed by atoms with E-state index in [9.17, 15) is 9.59 Å². The van der Waals surface area contributed by atoms with E-state index in [1.165, 1.54) is 18.7 Å². The van der Waals surface area contributed by atoms with E-state index in [-0.39, 0.29) is 17.6 Å². The van der Waals surface area contributed by atoms with Crippen molar-refractivity contribution in [1.29, 1.82) is 0 Å². The maximum absolute atomic E-state index is 12.5. The monoisotopic (exact) mass is 442 g/mol. The minimum atomic E-state index is -0.301. The van der Waals surface area contributed by atoms with Gasteiger partial charge in [0.25, 0.3) is 0 Å². The Morgan fingerprint density at radius 1 is 1.06 bits per heavy atom. The van der Waals surface area contributed by atoms with Crippen LogP contribution < -0.4 is 25.9 Å². The number of nitrogens with zero attached hydrogens (tertiary/aromatic N) is 3. The maximum atomic E-state index is 12.5. The van der Waals surface area contributed by atoms with E-state index in [2.05, 4.69) is 20.8 Å². The Hall–Kier alpha value is -3.73. The van der Waals surface area contributed by atoms with Gasteiger partial charge in [-0.25, -0.2) is 4.68 Å². The average molecular weight is 443 g/mol. The van der Waals surface area contributed by atoms with E-state index in [1.54, 1.807) is 31.4 Å². The predicted molar refractivity (Wildman–Crippen MR) is 119 cm³/mol. The summed E-state index contributed by atoms with van der Waals surface area (Å²) in [5, 5.41) is 14.0. The average Bonchev–Trinajstić information content (AvgIpc) is 3.12. The van der Waals surface area contributed by atoms with E-state index in [0.717, 1.165) is 11.8 Å². The number of nitrogens with one attached hydrogen (secondary N) is 2. The molecule has 1 heterocycles. The summed E-state index contributed by atoms with van der Waals surface area (Å²) < 4.78 is 11.9. The molecule has 31 heavy (non-hydrogen) atoms. The molecular formula is C20H22N6O4S. The zero-order valence-electron chi connectivity index (χ0n) is 17.2. The van der Waals surface area contributed by atoms with E-state index in [4.69, 9.17) is 15.3 Å². The van der Waals surface area contributed by atoms with Gasteiger partial charge in [0.1, 0.15) is 11.5 Å². The molecule has 0 fully saturated rings. The number of carbonyl (C=O) groups excluding carboxylic acids is 2. The third kappa shape index (κ3) is 5.25. The molecule has 0 aliphatic rings. The Bertz CT molecular complexity index is 1100. The number of hydrogen-bond acceptors (Lipinski definition) is 8. The molecule has 4 N–H and O–H groups in total. The molecule has 0 aliphatic carbocycles. The SMILES string of the molecule is COc1ccc(NC(C)=O)cc1NC(=O)CSc1nnc(-c2ccccc2OC)n1N. The summed E-state index contributed by atoms with van der Waals surface area (Å²) in [6, 6.07) is 12.3. The first-order chi connectivity index (χ1) is 14.9. The summed E-state index contributed by atoms with van der Waals surface area (Å²) >= 11 is 1.13. The standard InChI is InChI=1S/C20H22N6O4S/c1-12(27)22-13-8-9-17(30-3)15(10-13)23-18(28)11-31-20-25-24-19(26(20)21)14-6-4-5-7-16(14)29-2/h4-10H,11,21H2,1-3H3,(H,22,27)(H,23,28). The molecule has 2 amide bonds. The van der Waals surface area contributed by atoms with Crippen molar-refractivity contribution in [3.63, 3.8) is 0 Å². The number of nitrogen functional groups attached to an aromatic ring is 1. The lowest BCUT2D eigenvalue weighted by molar-refractivity contribution is -0.114.